The molecule has 1 amide bonds. The minimum Gasteiger partial charge on any atom is -0.489 e. The zero-order valence-corrected chi connectivity index (χ0v) is 21.5. The van der Waals surface area contributed by atoms with E-state index in [0.29, 0.717) is 23.6 Å². The molecule has 34 heavy (non-hydrogen) atoms. The van der Waals surface area contributed by atoms with Gasteiger partial charge in [-0.1, -0.05) is 23.4 Å². The summed E-state index contributed by atoms with van der Waals surface area (Å²) in [5.74, 6) is 0.952. The number of nitrogens with one attached hydrogen (secondary N) is 1. The maximum Gasteiger partial charge on any atom is 0.278 e. The quantitative estimate of drug-likeness (QED) is 0.319. The first-order valence-corrected chi connectivity index (χ1v) is 11.8. The summed E-state index contributed by atoms with van der Waals surface area (Å²) in [6.45, 7) is 10.6. The van der Waals surface area contributed by atoms with Crippen LogP contribution in [0.4, 0.5) is 5.69 Å². The Hall–Kier alpha value is -3.39. The van der Waals surface area contributed by atoms with E-state index in [2.05, 4.69) is 37.6 Å². The molecular formula is C26H27BrN4O3. The first-order chi connectivity index (χ1) is 16.2. The molecule has 0 atom stereocenters. The summed E-state index contributed by atoms with van der Waals surface area (Å²) in [5.41, 5.74) is 6.76. The molecule has 2 heterocycles. The average molecular weight is 523 g/mol. The second-order valence-electron chi connectivity index (χ2n) is 8.47. The van der Waals surface area contributed by atoms with Gasteiger partial charge in [-0.25, -0.2) is 0 Å². The smallest absolute Gasteiger partial charge is 0.278 e. The molecule has 0 bridgehead atoms. The maximum absolute atomic E-state index is 13.0. The van der Waals surface area contributed by atoms with E-state index < -0.39 is 0 Å². The number of carbonyl (C=O) groups is 1. The highest BCUT2D eigenvalue weighted by Crippen LogP contribution is 2.23. The summed E-state index contributed by atoms with van der Waals surface area (Å²) in [5, 5.41) is 11.5. The largest absolute Gasteiger partial charge is 0.489 e. The van der Waals surface area contributed by atoms with Gasteiger partial charge in [-0.05, 0) is 91.5 Å². The van der Waals surface area contributed by atoms with Crippen molar-refractivity contribution < 1.29 is 14.1 Å². The van der Waals surface area contributed by atoms with E-state index in [0.717, 1.165) is 38.3 Å². The van der Waals surface area contributed by atoms with Gasteiger partial charge >= 0.3 is 0 Å². The third kappa shape index (κ3) is 5.22. The monoisotopic (exact) mass is 522 g/mol. The van der Waals surface area contributed by atoms with Crippen molar-refractivity contribution in [2.45, 2.75) is 47.8 Å². The third-order valence-corrected chi connectivity index (χ3v) is 6.74. The zero-order chi connectivity index (χ0) is 24.4. The summed E-state index contributed by atoms with van der Waals surface area (Å²) in [6, 6.07) is 13.7. The number of ether oxygens (including phenoxy) is 1. The Morgan fingerprint density at radius 1 is 1.09 bits per heavy atom. The number of aryl methyl sites for hydroxylation is 4. The Kier molecular flexibility index (Phi) is 6.88. The van der Waals surface area contributed by atoms with Crippen molar-refractivity contribution in [3.63, 3.8) is 0 Å². The highest BCUT2D eigenvalue weighted by atomic mass is 79.9. The third-order valence-electron chi connectivity index (χ3n) is 5.59. The van der Waals surface area contributed by atoms with E-state index >= 15 is 0 Å². The number of amides is 1. The van der Waals surface area contributed by atoms with Crippen LogP contribution in [0.5, 0.6) is 5.75 Å². The lowest BCUT2D eigenvalue weighted by atomic mass is 10.1. The fourth-order valence-electron chi connectivity index (χ4n) is 3.85. The molecule has 2 aromatic heterocycles. The first-order valence-electron chi connectivity index (χ1n) is 11.0. The van der Waals surface area contributed by atoms with Crippen molar-refractivity contribution >= 4 is 27.5 Å². The molecule has 2 aromatic carbocycles. The van der Waals surface area contributed by atoms with Crippen LogP contribution >= 0.6 is 15.9 Å². The van der Waals surface area contributed by atoms with E-state index in [-0.39, 0.29) is 18.2 Å². The van der Waals surface area contributed by atoms with Crippen LogP contribution in [0.2, 0.25) is 0 Å². The van der Waals surface area contributed by atoms with Gasteiger partial charge < -0.3 is 14.6 Å². The number of hydrogen-bond acceptors (Lipinski definition) is 5. The summed E-state index contributed by atoms with van der Waals surface area (Å²) >= 11 is 3.56. The van der Waals surface area contributed by atoms with Gasteiger partial charge in [0.1, 0.15) is 18.1 Å². The van der Waals surface area contributed by atoms with Crippen molar-refractivity contribution in [2.75, 3.05) is 5.32 Å². The van der Waals surface area contributed by atoms with Gasteiger partial charge in [0.15, 0.2) is 5.69 Å². The molecule has 0 radical (unpaired) electrons. The van der Waals surface area contributed by atoms with Gasteiger partial charge in [0.25, 0.3) is 5.91 Å². The molecule has 0 unspecified atom stereocenters. The molecule has 0 saturated heterocycles. The number of halogens is 1. The summed E-state index contributed by atoms with van der Waals surface area (Å²) in [7, 11) is 0. The van der Waals surface area contributed by atoms with Crippen LogP contribution in [-0.2, 0) is 13.2 Å². The van der Waals surface area contributed by atoms with Crippen molar-refractivity contribution in [2.24, 2.45) is 0 Å². The Labute approximate surface area is 207 Å². The van der Waals surface area contributed by atoms with Crippen LogP contribution in [-0.4, -0.2) is 20.8 Å². The second kappa shape index (κ2) is 9.85. The maximum atomic E-state index is 13.0. The van der Waals surface area contributed by atoms with Crippen molar-refractivity contribution in [3.8, 4) is 5.75 Å². The number of nitrogens with zero attached hydrogens (tertiary/aromatic N) is 3. The Morgan fingerprint density at radius 2 is 1.82 bits per heavy atom. The molecule has 0 aliphatic carbocycles. The summed E-state index contributed by atoms with van der Waals surface area (Å²) < 4.78 is 14.2. The predicted molar refractivity (Wildman–Crippen MR) is 134 cm³/mol. The second-order valence-corrected chi connectivity index (χ2v) is 9.27. The van der Waals surface area contributed by atoms with Crippen molar-refractivity contribution in [3.05, 3.63) is 92.0 Å². The van der Waals surface area contributed by atoms with Gasteiger partial charge in [0, 0.05) is 5.69 Å². The molecule has 1 N–H and O–H groups in total. The normalized spacial score (nSPS) is 11.0. The fraction of sp³-hybridized carbons (Fsp3) is 0.269. The molecule has 7 nitrogen and oxygen atoms in total. The number of anilines is 1. The SMILES string of the molecule is Cc1cc(C)cc(OCc2c(C(=O)Nc3cccc(Cn4nc(C)c(Br)c4C)c3)noc2C)c1. The molecule has 0 aliphatic rings. The summed E-state index contributed by atoms with van der Waals surface area (Å²) in [4.78, 5) is 13.0. The van der Waals surface area contributed by atoms with E-state index in [9.17, 15) is 4.79 Å². The molecule has 0 aliphatic heterocycles. The average Bonchev–Trinajstić information content (AvgIpc) is 3.26. The molecule has 8 heteroatoms. The van der Waals surface area contributed by atoms with E-state index in [1.807, 2.05) is 68.8 Å². The van der Waals surface area contributed by atoms with Crippen molar-refractivity contribution in [1.82, 2.24) is 14.9 Å². The van der Waals surface area contributed by atoms with E-state index in [1.54, 1.807) is 6.92 Å². The first kappa shape index (κ1) is 23.8. The number of benzene rings is 2. The fourth-order valence-corrected chi connectivity index (χ4v) is 4.13. The lowest BCUT2D eigenvalue weighted by molar-refractivity contribution is 0.101. The molecule has 0 spiro atoms. The van der Waals surface area contributed by atoms with Gasteiger partial charge in [0.05, 0.1) is 28.0 Å². The lowest BCUT2D eigenvalue weighted by Gasteiger charge is -2.10. The molecule has 0 fully saturated rings. The van der Waals surface area contributed by atoms with Crippen LogP contribution in [0.1, 0.15) is 49.9 Å². The molecular weight excluding hydrogens is 496 g/mol. The highest BCUT2D eigenvalue weighted by Gasteiger charge is 2.21. The van der Waals surface area contributed by atoms with Crippen LogP contribution in [0.15, 0.2) is 51.5 Å². The predicted octanol–water partition coefficient (Wildman–Crippen LogP) is 6.06. The van der Waals surface area contributed by atoms with Gasteiger partial charge in [-0.2, -0.15) is 5.10 Å². The minimum absolute atomic E-state index is 0.188. The van der Waals surface area contributed by atoms with Gasteiger partial charge in [-0.15, -0.1) is 0 Å². The Balaban J connectivity index is 1.48. The Bertz CT molecular complexity index is 1340. The van der Waals surface area contributed by atoms with Crippen LogP contribution in [0, 0.1) is 34.6 Å². The van der Waals surface area contributed by atoms with Gasteiger partial charge in [-0.3, -0.25) is 9.48 Å². The molecule has 4 rings (SSSR count). The van der Waals surface area contributed by atoms with Crippen LogP contribution in [0.3, 0.4) is 0 Å². The number of carbonyl (C=O) groups excluding carboxylic acids is 1. The van der Waals surface area contributed by atoms with Crippen LogP contribution in [0.25, 0.3) is 0 Å². The number of hydrogen-bond donors (Lipinski definition) is 1. The molecule has 176 valence electrons. The lowest BCUT2D eigenvalue weighted by Crippen LogP contribution is -2.15. The Morgan fingerprint density at radius 3 is 2.50 bits per heavy atom. The van der Waals surface area contributed by atoms with Gasteiger partial charge in [0.2, 0.25) is 0 Å². The minimum atomic E-state index is -0.345. The van der Waals surface area contributed by atoms with E-state index in [4.69, 9.17) is 9.26 Å². The van der Waals surface area contributed by atoms with Crippen LogP contribution < -0.4 is 10.1 Å². The molecule has 0 saturated carbocycles. The zero-order valence-electron chi connectivity index (χ0n) is 19.9. The van der Waals surface area contributed by atoms with Crippen molar-refractivity contribution in [1.29, 1.82) is 0 Å². The number of rotatable bonds is 7. The standard InChI is InChI=1S/C26H27BrN4O3/c1-15-9-16(2)11-22(10-15)33-14-23-19(5)34-30-25(23)26(32)28-21-8-6-7-20(12-21)13-31-18(4)24(27)17(3)29-31/h6-12H,13-14H2,1-5H3,(H,28,32). The highest BCUT2D eigenvalue weighted by molar-refractivity contribution is 9.10. The molecule has 4 aromatic rings. The van der Waals surface area contributed by atoms with E-state index in [1.165, 1.54) is 0 Å². The summed E-state index contributed by atoms with van der Waals surface area (Å²) in [6.07, 6.45) is 0. The topological polar surface area (TPSA) is 82.2 Å². The number of aromatic nitrogens is 3.